The number of nitrogens with zero attached hydrogens (tertiary/aromatic N) is 5. The molecular formula is C46H55N7O6S. The fraction of sp³-hybridized carbons (Fsp3) is 0.478. The lowest BCUT2D eigenvalue weighted by atomic mass is 9.84. The van der Waals surface area contributed by atoms with E-state index < -0.39 is 17.5 Å². The fourth-order valence-corrected chi connectivity index (χ4v) is 10.0. The number of hydrogen-bond acceptors (Lipinski definition) is 12. The minimum Gasteiger partial charge on any atom is -0.464 e. The summed E-state index contributed by atoms with van der Waals surface area (Å²) in [6, 6.07) is 15.7. The van der Waals surface area contributed by atoms with Crippen molar-refractivity contribution in [3.63, 3.8) is 0 Å². The van der Waals surface area contributed by atoms with Crippen molar-refractivity contribution in [2.24, 2.45) is 11.1 Å². The lowest BCUT2D eigenvalue weighted by molar-refractivity contribution is -0.154. The predicted molar refractivity (Wildman–Crippen MR) is 231 cm³/mol. The molecule has 14 heteroatoms. The number of thiazole rings is 1. The van der Waals surface area contributed by atoms with Gasteiger partial charge in [-0.15, -0.1) is 11.3 Å². The van der Waals surface area contributed by atoms with E-state index in [0.29, 0.717) is 52.2 Å². The van der Waals surface area contributed by atoms with Crippen LogP contribution < -0.4 is 16.1 Å². The number of benzene rings is 2. The number of ether oxygens (including phenoxy) is 4. The van der Waals surface area contributed by atoms with Crippen molar-refractivity contribution in [2.75, 3.05) is 51.5 Å². The highest BCUT2D eigenvalue weighted by Gasteiger charge is 2.36. The molecule has 6 bridgehead atoms. The SMILES string of the molecule is CO[C@@H](C)c1ncc(N2CCOCC2)cc1-c1c2c3cc(cc4c3n1CC(OCc1ccccc1)C4)-c1csc(n1)C[C@H](N)C(=O)N1CCC[C@H](N1)C(=O)OCC(C)(C)C2. The second-order valence-corrected chi connectivity index (χ2v) is 18.3. The third-order valence-corrected chi connectivity index (χ3v) is 13.2. The smallest absolute Gasteiger partial charge is 0.324 e. The number of hydrogen-bond donors (Lipinski definition) is 2. The minimum atomic E-state index is -0.816. The Labute approximate surface area is 355 Å². The third kappa shape index (κ3) is 8.20. The summed E-state index contributed by atoms with van der Waals surface area (Å²) in [7, 11) is 1.73. The number of nitrogens with two attached hydrogens (primary N) is 1. The van der Waals surface area contributed by atoms with E-state index in [4.69, 9.17) is 34.6 Å². The second-order valence-electron chi connectivity index (χ2n) is 17.4. The summed E-state index contributed by atoms with van der Waals surface area (Å²) in [5.41, 5.74) is 19.6. The van der Waals surface area contributed by atoms with Crippen LogP contribution in [0.2, 0.25) is 0 Å². The number of aromatic nitrogens is 3. The normalized spacial score (nSPS) is 22.7. The molecule has 1 amide bonds. The Balaban J connectivity index is 1.24. The van der Waals surface area contributed by atoms with E-state index in [0.717, 1.165) is 80.4 Å². The number of pyridine rings is 1. The van der Waals surface area contributed by atoms with Crippen molar-refractivity contribution >= 4 is 39.8 Å². The molecule has 7 heterocycles. The van der Waals surface area contributed by atoms with Gasteiger partial charge in [0.15, 0.2) is 0 Å². The highest BCUT2D eigenvalue weighted by Crippen LogP contribution is 2.46. The molecule has 9 rings (SSSR count). The Morgan fingerprint density at radius 3 is 2.70 bits per heavy atom. The quantitative estimate of drug-likeness (QED) is 0.186. The topological polar surface area (TPSA) is 146 Å². The molecule has 4 aliphatic heterocycles. The molecule has 0 spiro atoms. The van der Waals surface area contributed by atoms with Crippen LogP contribution in [0.1, 0.15) is 67.1 Å². The van der Waals surface area contributed by atoms with Gasteiger partial charge in [-0.25, -0.2) is 10.4 Å². The van der Waals surface area contributed by atoms with Gasteiger partial charge in [0.25, 0.3) is 5.91 Å². The fourth-order valence-electron chi connectivity index (χ4n) is 9.14. The van der Waals surface area contributed by atoms with Crippen molar-refractivity contribution in [3.8, 4) is 22.5 Å². The first kappa shape index (κ1) is 40.7. The number of fused-ring (bicyclic) bond motifs is 6. The molecule has 0 radical (unpaired) electrons. The number of morpholine rings is 1. The van der Waals surface area contributed by atoms with Crippen molar-refractivity contribution in [3.05, 3.63) is 87.5 Å². The van der Waals surface area contributed by atoms with Crippen LogP contribution in [0, 0.1) is 5.41 Å². The molecule has 0 aliphatic carbocycles. The van der Waals surface area contributed by atoms with Gasteiger partial charge in [-0.05, 0) is 61.1 Å². The van der Waals surface area contributed by atoms with Crippen LogP contribution in [0.4, 0.5) is 5.69 Å². The maximum absolute atomic E-state index is 13.7. The number of esters is 1. The number of hydrazine groups is 1. The molecule has 3 aromatic heterocycles. The van der Waals surface area contributed by atoms with Gasteiger partial charge in [-0.1, -0.05) is 44.2 Å². The monoisotopic (exact) mass is 833 g/mol. The van der Waals surface area contributed by atoms with E-state index in [9.17, 15) is 9.59 Å². The molecule has 1 unspecified atom stereocenters. The van der Waals surface area contributed by atoms with Crippen LogP contribution in [0.5, 0.6) is 0 Å². The summed E-state index contributed by atoms with van der Waals surface area (Å²) in [4.78, 5) is 39.9. The van der Waals surface area contributed by atoms with Gasteiger partial charge in [-0.2, -0.15) is 0 Å². The Morgan fingerprint density at radius 2 is 1.90 bits per heavy atom. The average Bonchev–Trinajstić information content (AvgIpc) is 3.86. The number of carbonyl (C=O) groups excluding carboxylic acids is 2. The largest absolute Gasteiger partial charge is 0.464 e. The number of carbonyl (C=O) groups is 2. The van der Waals surface area contributed by atoms with Gasteiger partial charge in [0.2, 0.25) is 0 Å². The number of cyclic esters (lactones) is 1. The van der Waals surface area contributed by atoms with E-state index in [1.54, 1.807) is 7.11 Å². The second kappa shape index (κ2) is 17.0. The molecule has 3 N–H and O–H groups in total. The molecule has 4 aliphatic rings. The lowest BCUT2D eigenvalue weighted by Gasteiger charge is -2.34. The molecule has 60 heavy (non-hydrogen) atoms. The summed E-state index contributed by atoms with van der Waals surface area (Å²) in [6.07, 6.45) is 4.38. The van der Waals surface area contributed by atoms with Gasteiger partial charge in [0, 0.05) is 73.4 Å². The average molecular weight is 834 g/mol. The molecule has 5 aromatic rings. The summed E-state index contributed by atoms with van der Waals surface area (Å²) < 4.78 is 27.2. The number of nitrogens with one attached hydrogen (secondary N) is 1. The van der Waals surface area contributed by atoms with Gasteiger partial charge in [0.05, 0.1) is 84.2 Å². The van der Waals surface area contributed by atoms with Crippen LogP contribution in [0.3, 0.4) is 0 Å². The Kier molecular flexibility index (Phi) is 11.5. The van der Waals surface area contributed by atoms with Crippen molar-refractivity contribution in [2.45, 2.75) is 90.3 Å². The zero-order chi connectivity index (χ0) is 41.5. The van der Waals surface area contributed by atoms with Crippen LogP contribution in [-0.2, 0) is 61.0 Å². The van der Waals surface area contributed by atoms with E-state index in [1.165, 1.54) is 21.9 Å². The molecule has 2 fully saturated rings. The third-order valence-electron chi connectivity index (χ3n) is 12.3. The molecule has 2 aromatic carbocycles. The van der Waals surface area contributed by atoms with Gasteiger partial charge < -0.3 is 34.1 Å². The van der Waals surface area contributed by atoms with Crippen LogP contribution in [0.15, 0.2) is 60.1 Å². The minimum absolute atomic E-state index is 0.124. The van der Waals surface area contributed by atoms with Crippen LogP contribution in [0.25, 0.3) is 33.4 Å². The van der Waals surface area contributed by atoms with Crippen molar-refractivity contribution in [1.29, 1.82) is 0 Å². The first-order valence-electron chi connectivity index (χ1n) is 21.2. The van der Waals surface area contributed by atoms with E-state index in [1.807, 2.05) is 31.3 Å². The van der Waals surface area contributed by atoms with Gasteiger partial charge in [0.1, 0.15) is 6.04 Å². The number of anilines is 1. The summed E-state index contributed by atoms with van der Waals surface area (Å²) in [5, 5.41) is 5.46. The summed E-state index contributed by atoms with van der Waals surface area (Å²) in [6.45, 7) is 11.0. The Bertz CT molecular complexity index is 2370. The molecule has 13 nitrogen and oxygen atoms in total. The maximum Gasteiger partial charge on any atom is 0.324 e. The van der Waals surface area contributed by atoms with E-state index >= 15 is 0 Å². The molecule has 4 atom stereocenters. The first-order chi connectivity index (χ1) is 29.0. The molecular weight excluding hydrogens is 779 g/mol. The number of methoxy groups -OCH3 is 1. The highest BCUT2D eigenvalue weighted by atomic mass is 32.1. The lowest BCUT2D eigenvalue weighted by Crippen LogP contribution is -2.59. The van der Waals surface area contributed by atoms with Crippen molar-refractivity contribution in [1.82, 2.24) is 25.0 Å². The zero-order valence-electron chi connectivity index (χ0n) is 34.9. The summed E-state index contributed by atoms with van der Waals surface area (Å²) >= 11 is 1.51. The molecule has 316 valence electrons. The number of rotatable bonds is 7. The maximum atomic E-state index is 13.7. The first-order valence-corrected chi connectivity index (χ1v) is 22.1. The predicted octanol–water partition coefficient (Wildman–Crippen LogP) is 6.00. The highest BCUT2D eigenvalue weighted by molar-refractivity contribution is 7.10. The van der Waals surface area contributed by atoms with Crippen molar-refractivity contribution < 1.29 is 28.5 Å². The number of amides is 1. The van der Waals surface area contributed by atoms with E-state index in [-0.39, 0.29) is 37.1 Å². The van der Waals surface area contributed by atoms with Crippen LogP contribution >= 0.6 is 11.3 Å². The standard InChI is InChI=1S/C46H55N7O6S/c1-28(56-4)41-35(20-32(23-48-41)51-13-15-57-16-14-51)43-36-22-46(2,3)27-59-45(55)38-11-8-12-53(50-38)44(54)37(47)21-40-49-39(26-60-40)30-17-31-18-33(24-52(43)42(31)34(36)19-30)58-25-29-9-6-5-7-10-29/h5-7,9-10,17,19-20,23,26,28,33,37-38,50H,8,11-16,18,21-22,24-25,27,47H2,1-4H3/t28-,33?,37-,38-/m0/s1. The van der Waals surface area contributed by atoms with Crippen LogP contribution in [-0.4, -0.2) is 96.2 Å². The molecule has 2 saturated heterocycles. The summed E-state index contributed by atoms with van der Waals surface area (Å²) in [5.74, 6) is -0.632. The van der Waals surface area contributed by atoms with E-state index in [2.05, 4.69) is 64.5 Å². The molecule has 0 saturated carbocycles. The Morgan fingerprint density at radius 1 is 1.08 bits per heavy atom. The van der Waals surface area contributed by atoms with Gasteiger partial charge >= 0.3 is 5.97 Å². The zero-order valence-corrected chi connectivity index (χ0v) is 35.8. The van der Waals surface area contributed by atoms with Gasteiger partial charge in [-0.3, -0.25) is 19.6 Å². The Hall–Kier alpha value is -4.70.